The van der Waals surface area contributed by atoms with Crippen LogP contribution in [0.3, 0.4) is 0 Å². The van der Waals surface area contributed by atoms with Crippen molar-refractivity contribution in [1.82, 2.24) is 35.1 Å². The topological polar surface area (TPSA) is 110 Å². The zero-order valence-corrected chi connectivity index (χ0v) is 24.0. The van der Waals surface area contributed by atoms with Gasteiger partial charge in [0.2, 0.25) is 5.88 Å². The average Bonchev–Trinajstić information content (AvgIpc) is 3.16. The lowest BCUT2D eigenvalue weighted by molar-refractivity contribution is -0.0281. The Morgan fingerprint density at radius 2 is 1.79 bits per heavy atom. The van der Waals surface area contributed by atoms with Gasteiger partial charge in [-0.05, 0) is 58.9 Å². The molecule has 0 amide bonds. The highest BCUT2D eigenvalue weighted by Gasteiger charge is 2.47. The van der Waals surface area contributed by atoms with Gasteiger partial charge in [-0.1, -0.05) is 0 Å². The fourth-order valence-corrected chi connectivity index (χ4v) is 4.80. The largest absolute Gasteiger partial charge is 0.506 e. The van der Waals surface area contributed by atoms with Gasteiger partial charge in [-0.3, -0.25) is 0 Å². The first kappa shape index (κ1) is 31.4. The molecule has 0 aliphatic carbocycles. The molecule has 0 aromatic carbocycles. The molecular formula is C25H31Cl3FN7O2. The van der Waals surface area contributed by atoms with Crippen molar-refractivity contribution >= 4 is 42.9 Å². The summed E-state index contributed by atoms with van der Waals surface area (Å²) < 4.78 is 22.6. The Kier molecular flexibility index (Phi) is 9.53. The fourth-order valence-electron chi connectivity index (χ4n) is 4.80. The third-order valence-electron chi connectivity index (χ3n) is 6.18. The molecule has 4 aromatic rings. The summed E-state index contributed by atoms with van der Waals surface area (Å²) in [4.78, 5) is 8.72. The van der Waals surface area contributed by atoms with Gasteiger partial charge in [0.1, 0.15) is 29.1 Å². The van der Waals surface area contributed by atoms with E-state index in [1.165, 1.54) is 0 Å². The van der Waals surface area contributed by atoms with Crippen LogP contribution < -0.4 is 10.1 Å². The lowest BCUT2D eigenvalue weighted by Gasteiger charge is -2.48. The Bertz CT molecular complexity index is 1400. The van der Waals surface area contributed by atoms with Crippen molar-refractivity contribution in [3.05, 3.63) is 48.5 Å². The normalized spacial score (nSPS) is 19.5. The average molecular weight is 587 g/mol. The van der Waals surface area contributed by atoms with Gasteiger partial charge < -0.3 is 15.2 Å². The minimum Gasteiger partial charge on any atom is -0.506 e. The maximum atomic E-state index is 15.0. The van der Waals surface area contributed by atoms with Gasteiger partial charge in [0.25, 0.3) is 0 Å². The molecule has 1 aliphatic rings. The van der Waals surface area contributed by atoms with Crippen molar-refractivity contribution in [2.24, 2.45) is 0 Å². The Balaban J connectivity index is 0.00000169. The van der Waals surface area contributed by atoms with E-state index in [4.69, 9.17) is 4.74 Å². The van der Waals surface area contributed by atoms with Gasteiger partial charge >= 0.3 is 0 Å². The van der Waals surface area contributed by atoms with Crippen molar-refractivity contribution < 1.29 is 14.2 Å². The molecule has 5 heterocycles. The zero-order chi connectivity index (χ0) is 25.0. The second-order valence-corrected chi connectivity index (χ2v) is 10.2. The van der Waals surface area contributed by atoms with E-state index in [-0.39, 0.29) is 60.1 Å². The molecule has 5 rings (SSSR count). The molecule has 0 bridgehead atoms. The Hall–Kier alpha value is -2.79. The molecule has 1 fully saturated rings. The molecule has 206 valence electrons. The number of ether oxygens (including phenoxy) is 1. The van der Waals surface area contributed by atoms with E-state index in [2.05, 4.69) is 30.6 Å². The highest BCUT2D eigenvalue weighted by Crippen LogP contribution is 2.34. The first-order valence-corrected chi connectivity index (χ1v) is 11.5. The van der Waals surface area contributed by atoms with Gasteiger partial charge in [-0.25, -0.2) is 18.9 Å². The monoisotopic (exact) mass is 585 g/mol. The molecule has 1 saturated heterocycles. The number of nitrogens with one attached hydrogen (secondary N) is 1. The molecule has 2 N–H and O–H groups in total. The minimum absolute atomic E-state index is 0. The van der Waals surface area contributed by atoms with E-state index in [1.807, 2.05) is 52.9 Å². The van der Waals surface area contributed by atoms with Crippen LogP contribution in [0, 0.1) is 6.92 Å². The number of hydrogen-bond donors (Lipinski definition) is 2. The molecule has 0 unspecified atom stereocenters. The quantitative estimate of drug-likeness (QED) is 0.337. The van der Waals surface area contributed by atoms with Crippen molar-refractivity contribution in [2.45, 2.75) is 64.4 Å². The van der Waals surface area contributed by atoms with Gasteiger partial charge in [-0.2, -0.15) is 5.10 Å². The van der Waals surface area contributed by atoms with E-state index in [9.17, 15) is 5.11 Å². The number of pyridine rings is 2. The van der Waals surface area contributed by atoms with Gasteiger partial charge in [-0.15, -0.1) is 47.4 Å². The number of nitrogens with zero attached hydrogens (tertiary/aromatic N) is 6. The molecule has 1 aliphatic heterocycles. The van der Waals surface area contributed by atoms with E-state index < -0.39 is 17.8 Å². The summed E-state index contributed by atoms with van der Waals surface area (Å²) in [6.07, 6.45) is 2.11. The van der Waals surface area contributed by atoms with Crippen molar-refractivity contribution in [2.75, 3.05) is 0 Å². The maximum absolute atomic E-state index is 15.0. The Morgan fingerprint density at radius 1 is 1.05 bits per heavy atom. The third kappa shape index (κ3) is 6.26. The Labute approximate surface area is 238 Å². The predicted molar refractivity (Wildman–Crippen MR) is 151 cm³/mol. The fraction of sp³-hybridized carbons (Fsp3) is 0.400. The first-order valence-electron chi connectivity index (χ1n) is 11.5. The number of fused-ring (bicyclic) bond motifs is 1. The highest BCUT2D eigenvalue weighted by molar-refractivity contribution is 5.86. The molecule has 0 radical (unpaired) electrons. The van der Waals surface area contributed by atoms with E-state index in [0.29, 0.717) is 17.9 Å². The SMILES string of the molecule is Cc1nc2ccc(-c3cnc(-c4ccc(O[C@@H]5CC(C)(C)NC(C)(C)[C@@H]5F)nn4)c(O)c3)cn2n1.Cl.Cl.Cl. The summed E-state index contributed by atoms with van der Waals surface area (Å²) in [5.41, 5.74) is 1.96. The molecule has 4 aromatic heterocycles. The maximum Gasteiger partial charge on any atom is 0.233 e. The second-order valence-electron chi connectivity index (χ2n) is 10.2. The summed E-state index contributed by atoms with van der Waals surface area (Å²) in [7, 11) is 0. The summed E-state index contributed by atoms with van der Waals surface area (Å²) in [6, 6.07) is 8.64. The number of rotatable bonds is 4. The number of aryl methyl sites for hydroxylation is 1. The van der Waals surface area contributed by atoms with Crippen LogP contribution in [0.4, 0.5) is 4.39 Å². The van der Waals surface area contributed by atoms with E-state index in [1.54, 1.807) is 28.9 Å². The van der Waals surface area contributed by atoms with Crippen LogP contribution in [0.5, 0.6) is 11.6 Å². The molecule has 9 nitrogen and oxygen atoms in total. The first-order chi connectivity index (χ1) is 16.5. The standard InChI is InChI=1S/C25H28FN7O2.3ClH/c1-14-28-20-8-6-15(13-33(20)31-14)16-10-18(34)22(27-12-16)17-7-9-21(30-29-17)35-19-11-24(2,3)32-25(4,5)23(19)26;;;/h6-10,12-13,19,23,32,34H,11H2,1-5H3;3*1H/t19-,23-;;;/m1.../s1. The van der Waals surface area contributed by atoms with Crippen molar-refractivity contribution in [1.29, 1.82) is 0 Å². The second kappa shape index (κ2) is 11.5. The van der Waals surface area contributed by atoms with Crippen LogP contribution in [-0.2, 0) is 0 Å². The summed E-state index contributed by atoms with van der Waals surface area (Å²) >= 11 is 0. The lowest BCUT2D eigenvalue weighted by atomic mass is 9.79. The molecule has 38 heavy (non-hydrogen) atoms. The molecule has 0 saturated carbocycles. The summed E-state index contributed by atoms with van der Waals surface area (Å²) in [6.45, 7) is 9.53. The number of piperidine rings is 1. The van der Waals surface area contributed by atoms with E-state index in [0.717, 1.165) is 16.8 Å². The highest BCUT2D eigenvalue weighted by atomic mass is 35.5. The van der Waals surface area contributed by atoms with Crippen LogP contribution in [0.2, 0.25) is 0 Å². The number of aromatic nitrogens is 6. The van der Waals surface area contributed by atoms with Gasteiger partial charge in [0, 0.05) is 47.1 Å². The van der Waals surface area contributed by atoms with Gasteiger partial charge in [0.05, 0.1) is 0 Å². The third-order valence-corrected chi connectivity index (χ3v) is 6.18. The summed E-state index contributed by atoms with van der Waals surface area (Å²) in [5, 5.41) is 26.6. The smallest absolute Gasteiger partial charge is 0.233 e. The number of alkyl halides is 1. The Morgan fingerprint density at radius 3 is 2.45 bits per heavy atom. The van der Waals surface area contributed by atoms with Crippen molar-refractivity contribution in [3.63, 3.8) is 0 Å². The zero-order valence-electron chi connectivity index (χ0n) is 21.5. The minimum atomic E-state index is -1.21. The molecule has 2 atom stereocenters. The van der Waals surface area contributed by atoms with E-state index >= 15 is 4.39 Å². The van der Waals surface area contributed by atoms with Crippen LogP contribution in [-0.4, -0.2) is 58.2 Å². The number of halogens is 4. The van der Waals surface area contributed by atoms with Crippen molar-refractivity contribution in [3.8, 4) is 34.1 Å². The lowest BCUT2D eigenvalue weighted by Crippen LogP contribution is -2.66. The van der Waals surface area contributed by atoms with Gasteiger partial charge in [0.15, 0.2) is 11.8 Å². The van der Waals surface area contributed by atoms with Crippen LogP contribution in [0.15, 0.2) is 42.7 Å². The summed E-state index contributed by atoms with van der Waals surface area (Å²) in [5.74, 6) is 0.868. The predicted octanol–water partition coefficient (Wildman–Crippen LogP) is 5.16. The van der Waals surface area contributed by atoms with Crippen LogP contribution >= 0.6 is 37.2 Å². The molecule has 13 heteroatoms. The number of hydrogen-bond acceptors (Lipinski definition) is 8. The number of aromatic hydroxyl groups is 1. The van der Waals surface area contributed by atoms with Crippen LogP contribution in [0.25, 0.3) is 28.2 Å². The molecular weight excluding hydrogens is 556 g/mol. The molecule has 0 spiro atoms. The van der Waals surface area contributed by atoms with Crippen LogP contribution in [0.1, 0.15) is 39.9 Å².